The van der Waals surface area contributed by atoms with E-state index >= 15 is 0 Å². The van der Waals surface area contributed by atoms with Crippen molar-refractivity contribution >= 4 is 23.2 Å². The maximum absolute atomic E-state index is 14.7. The van der Waals surface area contributed by atoms with Gasteiger partial charge in [0.1, 0.15) is 17.3 Å². The minimum atomic E-state index is -0.685. The number of benzene rings is 1. The van der Waals surface area contributed by atoms with Gasteiger partial charge in [0.2, 0.25) is 5.78 Å². The lowest BCUT2D eigenvalue weighted by Crippen LogP contribution is -2.17. The van der Waals surface area contributed by atoms with Gasteiger partial charge < -0.3 is 11.5 Å². The van der Waals surface area contributed by atoms with Gasteiger partial charge in [-0.2, -0.15) is 0 Å². The fourth-order valence-electron chi connectivity index (χ4n) is 2.33. The van der Waals surface area contributed by atoms with Crippen molar-refractivity contribution in [3.8, 4) is 0 Å². The molecule has 4 N–H and O–H groups in total. The average Bonchev–Trinajstić information content (AvgIpc) is 3.32. The van der Waals surface area contributed by atoms with Crippen LogP contribution in [0.2, 0.25) is 5.02 Å². The van der Waals surface area contributed by atoms with Crippen LogP contribution in [0.5, 0.6) is 0 Å². The third-order valence-electron chi connectivity index (χ3n) is 3.74. The summed E-state index contributed by atoms with van der Waals surface area (Å²) in [6.45, 7) is 0. The van der Waals surface area contributed by atoms with E-state index in [2.05, 4.69) is 9.97 Å². The topological polar surface area (TPSA) is 94.9 Å². The third kappa shape index (κ3) is 2.67. The first kappa shape index (κ1) is 14.9. The highest BCUT2D eigenvalue weighted by Crippen LogP contribution is 2.41. The van der Waals surface area contributed by atoms with Gasteiger partial charge in [-0.1, -0.05) is 17.7 Å². The summed E-state index contributed by atoms with van der Waals surface area (Å²) in [5, 5.41) is 0.0212. The van der Waals surface area contributed by atoms with Crippen LogP contribution in [0.25, 0.3) is 0 Å². The molecule has 1 aromatic carbocycles. The van der Waals surface area contributed by atoms with Crippen molar-refractivity contribution in [2.45, 2.75) is 18.9 Å². The summed E-state index contributed by atoms with van der Waals surface area (Å²) in [4.78, 5) is 20.1. The van der Waals surface area contributed by atoms with Crippen LogP contribution in [-0.2, 0) is 0 Å². The van der Waals surface area contributed by atoms with Crippen molar-refractivity contribution in [1.29, 1.82) is 0 Å². The van der Waals surface area contributed by atoms with E-state index in [-0.39, 0.29) is 28.0 Å². The molecule has 1 saturated carbocycles. The van der Waals surface area contributed by atoms with Crippen molar-refractivity contribution < 1.29 is 9.18 Å². The van der Waals surface area contributed by atoms with Gasteiger partial charge in [-0.15, -0.1) is 0 Å². The molecule has 0 radical (unpaired) electrons. The molecule has 1 heterocycles. The lowest BCUT2D eigenvalue weighted by Gasteiger charge is -2.15. The van der Waals surface area contributed by atoms with E-state index in [9.17, 15) is 9.18 Å². The van der Waals surface area contributed by atoms with Gasteiger partial charge in [0.05, 0.1) is 23.0 Å². The van der Waals surface area contributed by atoms with Crippen molar-refractivity contribution in [3.05, 3.63) is 52.2 Å². The molecule has 114 valence electrons. The summed E-state index contributed by atoms with van der Waals surface area (Å²) in [5.74, 6) is -0.891. The molecule has 1 atom stereocenters. The maximum atomic E-state index is 14.7. The van der Waals surface area contributed by atoms with Crippen LogP contribution >= 0.6 is 11.6 Å². The van der Waals surface area contributed by atoms with Crippen molar-refractivity contribution in [2.24, 2.45) is 11.7 Å². The second-order valence-corrected chi connectivity index (χ2v) is 5.75. The Morgan fingerprint density at radius 1 is 1.32 bits per heavy atom. The Morgan fingerprint density at radius 3 is 2.64 bits per heavy atom. The zero-order valence-corrected chi connectivity index (χ0v) is 12.3. The predicted octanol–water partition coefficient (Wildman–Crippen LogP) is 2.49. The molecule has 0 spiro atoms. The lowest BCUT2D eigenvalue weighted by molar-refractivity contribution is 0.103. The Kier molecular flexibility index (Phi) is 3.80. The van der Waals surface area contributed by atoms with E-state index in [1.165, 1.54) is 24.5 Å². The van der Waals surface area contributed by atoms with Gasteiger partial charge in [-0.3, -0.25) is 4.79 Å². The summed E-state index contributed by atoms with van der Waals surface area (Å²) in [7, 11) is 0. The Balaban J connectivity index is 2.03. The van der Waals surface area contributed by atoms with E-state index in [4.69, 9.17) is 23.1 Å². The molecule has 0 amide bonds. The fourth-order valence-corrected chi connectivity index (χ4v) is 2.56. The SMILES string of the molecule is Nc1cnc(C(=O)c2c(Cl)ccc([C@H](N)C3CC3)c2F)cn1. The summed E-state index contributed by atoms with van der Waals surface area (Å²) in [5.41, 5.74) is 11.5. The molecule has 1 aromatic heterocycles. The van der Waals surface area contributed by atoms with Crippen LogP contribution in [0, 0.1) is 11.7 Å². The summed E-state index contributed by atoms with van der Waals surface area (Å²) < 4.78 is 14.7. The van der Waals surface area contributed by atoms with Crippen LogP contribution in [0.15, 0.2) is 24.5 Å². The molecule has 0 aliphatic heterocycles. The van der Waals surface area contributed by atoms with Crippen LogP contribution in [0.4, 0.5) is 10.2 Å². The predicted molar refractivity (Wildman–Crippen MR) is 80.9 cm³/mol. The van der Waals surface area contributed by atoms with Gasteiger partial charge in [0.25, 0.3) is 0 Å². The number of hydrogen-bond donors (Lipinski definition) is 2. The molecule has 22 heavy (non-hydrogen) atoms. The first-order chi connectivity index (χ1) is 10.5. The van der Waals surface area contributed by atoms with E-state index in [1.54, 1.807) is 0 Å². The first-order valence-corrected chi connectivity index (χ1v) is 7.22. The Labute approximate surface area is 131 Å². The molecule has 1 aliphatic carbocycles. The molecule has 5 nitrogen and oxygen atoms in total. The number of rotatable bonds is 4. The second kappa shape index (κ2) is 5.62. The number of carbonyl (C=O) groups excluding carboxylic acids is 1. The number of halogens is 2. The molecular formula is C15H14ClFN4O. The molecule has 1 fully saturated rings. The van der Waals surface area contributed by atoms with Crippen molar-refractivity contribution in [1.82, 2.24) is 9.97 Å². The minimum absolute atomic E-state index is 0.0212. The molecule has 1 aliphatic rings. The summed E-state index contributed by atoms with van der Waals surface area (Å²) in [6.07, 6.45) is 4.37. The highest BCUT2D eigenvalue weighted by Gasteiger charge is 2.33. The largest absolute Gasteiger partial charge is 0.382 e. The summed E-state index contributed by atoms with van der Waals surface area (Å²) in [6, 6.07) is 2.59. The van der Waals surface area contributed by atoms with E-state index in [1.807, 2.05) is 0 Å². The number of hydrogen-bond acceptors (Lipinski definition) is 5. The Morgan fingerprint density at radius 2 is 2.05 bits per heavy atom. The van der Waals surface area contributed by atoms with Gasteiger partial charge in [0, 0.05) is 11.6 Å². The van der Waals surface area contributed by atoms with Gasteiger partial charge in [-0.25, -0.2) is 14.4 Å². The lowest BCUT2D eigenvalue weighted by atomic mass is 9.97. The molecular weight excluding hydrogens is 307 g/mol. The number of anilines is 1. The van der Waals surface area contributed by atoms with Crippen LogP contribution in [0.1, 0.15) is 40.5 Å². The second-order valence-electron chi connectivity index (χ2n) is 5.34. The highest BCUT2D eigenvalue weighted by molar-refractivity contribution is 6.34. The number of nitrogens with zero attached hydrogens (tertiary/aromatic N) is 2. The monoisotopic (exact) mass is 320 g/mol. The smallest absolute Gasteiger partial charge is 0.217 e. The number of nitrogen functional groups attached to an aromatic ring is 1. The van der Waals surface area contributed by atoms with Gasteiger partial charge >= 0.3 is 0 Å². The minimum Gasteiger partial charge on any atom is -0.382 e. The maximum Gasteiger partial charge on any atom is 0.217 e. The zero-order chi connectivity index (χ0) is 15.9. The quantitative estimate of drug-likeness (QED) is 0.844. The van der Waals surface area contributed by atoms with Gasteiger partial charge in [-0.05, 0) is 24.8 Å². The standard InChI is InChI=1S/C15H14ClFN4O/c16-9-4-3-8(14(19)7-1-2-7)13(17)12(9)15(22)10-5-21-11(18)6-20-10/h3-7,14H,1-2,19H2,(H2,18,21)/t14-/m1/s1. The van der Waals surface area contributed by atoms with Gasteiger partial charge in [0.15, 0.2) is 0 Å². The fraction of sp³-hybridized carbons (Fsp3) is 0.267. The number of ketones is 1. The van der Waals surface area contributed by atoms with E-state index in [0.717, 1.165) is 12.8 Å². The number of carbonyl (C=O) groups is 1. The molecule has 3 rings (SSSR count). The first-order valence-electron chi connectivity index (χ1n) is 6.84. The van der Waals surface area contributed by atoms with Crippen molar-refractivity contribution in [2.75, 3.05) is 5.73 Å². The van der Waals surface area contributed by atoms with E-state index in [0.29, 0.717) is 5.56 Å². The molecule has 0 bridgehead atoms. The third-order valence-corrected chi connectivity index (χ3v) is 4.06. The molecule has 0 unspecified atom stereocenters. The number of aromatic nitrogens is 2. The number of nitrogens with two attached hydrogens (primary N) is 2. The molecule has 7 heteroatoms. The molecule has 0 saturated heterocycles. The van der Waals surface area contributed by atoms with Crippen LogP contribution in [0.3, 0.4) is 0 Å². The van der Waals surface area contributed by atoms with Crippen LogP contribution in [-0.4, -0.2) is 15.8 Å². The highest BCUT2D eigenvalue weighted by atomic mass is 35.5. The zero-order valence-electron chi connectivity index (χ0n) is 11.6. The Bertz CT molecular complexity index is 731. The van der Waals surface area contributed by atoms with E-state index < -0.39 is 17.6 Å². The average molecular weight is 321 g/mol. The summed E-state index contributed by atoms with van der Waals surface area (Å²) >= 11 is 6.00. The van der Waals surface area contributed by atoms with Crippen molar-refractivity contribution in [3.63, 3.8) is 0 Å². The van der Waals surface area contributed by atoms with Crippen LogP contribution < -0.4 is 11.5 Å². The molecule has 2 aromatic rings. The Hall–Kier alpha value is -2.05. The normalized spacial score (nSPS) is 15.6.